The molecular formula is C26H27ClFN6O6S+. The SMILES string of the molecule is C[N+](C(N)=O)(c1cc(Cl)cc(C(=O)NCc2ccc(C(=N)N)cc2OCC(N)=O)c1)S(=O)(=O)Cc1ccc(F)cc1. The van der Waals surface area contributed by atoms with Gasteiger partial charge in [-0.15, -0.1) is 3.89 Å². The Morgan fingerprint density at radius 1 is 1.00 bits per heavy atom. The number of primary amides is 2. The van der Waals surface area contributed by atoms with Crippen LogP contribution in [0.1, 0.15) is 27.0 Å². The molecular weight excluding hydrogens is 579 g/mol. The van der Waals surface area contributed by atoms with Crippen molar-refractivity contribution in [3.8, 4) is 5.75 Å². The maximum atomic E-state index is 13.4. The Balaban J connectivity index is 1.92. The first-order valence-electron chi connectivity index (χ1n) is 11.8. The van der Waals surface area contributed by atoms with Crippen LogP contribution in [0.15, 0.2) is 60.7 Å². The Morgan fingerprint density at radius 3 is 2.24 bits per heavy atom. The fourth-order valence-corrected chi connectivity index (χ4v) is 5.53. The molecule has 1 unspecified atom stereocenters. The van der Waals surface area contributed by atoms with Crippen LogP contribution in [0, 0.1) is 11.2 Å². The topological polar surface area (TPSA) is 209 Å². The predicted molar refractivity (Wildman–Crippen MR) is 151 cm³/mol. The number of sulfonamides is 1. The second-order valence-electron chi connectivity index (χ2n) is 8.99. The van der Waals surface area contributed by atoms with Gasteiger partial charge >= 0.3 is 16.1 Å². The zero-order valence-electron chi connectivity index (χ0n) is 21.7. The monoisotopic (exact) mass is 605 g/mol. The molecule has 0 bridgehead atoms. The third-order valence-corrected chi connectivity index (χ3v) is 8.48. The Morgan fingerprint density at radius 2 is 1.66 bits per heavy atom. The van der Waals surface area contributed by atoms with Crippen molar-refractivity contribution in [1.82, 2.24) is 9.21 Å². The Kier molecular flexibility index (Phi) is 9.32. The van der Waals surface area contributed by atoms with Crippen molar-refractivity contribution < 1.29 is 31.9 Å². The standard InChI is InChI=1S/C26H26ClFN6O6S/c1-34(26(32)37,41(38,39)14-15-2-6-20(28)7-3-15)21-9-18(8-19(27)11-21)25(36)33-12-17-5-4-16(24(30)31)10-22(17)40-13-23(29)35/h2-11H,12-14H2,1H3,(H7-,29,30,31,32,33,35,36,37)/p+1. The molecule has 15 heteroatoms. The quantitative estimate of drug-likeness (QED) is 0.125. The molecule has 216 valence electrons. The highest BCUT2D eigenvalue weighted by atomic mass is 35.5. The summed E-state index contributed by atoms with van der Waals surface area (Å²) in [5.41, 5.74) is 16.9. The molecule has 0 saturated carbocycles. The van der Waals surface area contributed by atoms with E-state index in [1.165, 1.54) is 42.5 Å². The zero-order chi connectivity index (χ0) is 30.5. The van der Waals surface area contributed by atoms with E-state index in [-0.39, 0.29) is 40.0 Å². The van der Waals surface area contributed by atoms with Gasteiger partial charge in [-0.05, 0) is 29.8 Å². The normalized spacial score (nSPS) is 12.7. The highest BCUT2D eigenvalue weighted by molar-refractivity contribution is 7.90. The number of nitrogen functional groups attached to an aromatic ring is 1. The minimum atomic E-state index is -4.42. The molecule has 41 heavy (non-hydrogen) atoms. The summed E-state index contributed by atoms with van der Waals surface area (Å²) in [5.74, 6) is -2.77. The number of ether oxygens (including phenoxy) is 1. The molecule has 0 aliphatic heterocycles. The number of nitrogens with zero attached hydrogens (tertiary/aromatic N) is 1. The summed E-state index contributed by atoms with van der Waals surface area (Å²) in [6.07, 6.45) is 0. The lowest BCUT2D eigenvalue weighted by atomic mass is 10.1. The highest BCUT2D eigenvalue weighted by Gasteiger charge is 2.46. The number of hydrogen-bond donors (Lipinski definition) is 5. The van der Waals surface area contributed by atoms with Crippen LogP contribution in [0.25, 0.3) is 0 Å². The number of urea groups is 1. The number of amides is 4. The third kappa shape index (κ3) is 7.16. The van der Waals surface area contributed by atoms with E-state index in [1.54, 1.807) is 0 Å². The number of carbonyl (C=O) groups excluding carboxylic acids is 3. The van der Waals surface area contributed by atoms with E-state index in [4.69, 9.17) is 38.9 Å². The summed E-state index contributed by atoms with van der Waals surface area (Å²) in [7, 11) is -3.37. The summed E-state index contributed by atoms with van der Waals surface area (Å²) in [4.78, 5) is 36.9. The third-order valence-electron chi connectivity index (χ3n) is 6.06. The van der Waals surface area contributed by atoms with Gasteiger partial charge in [0.25, 0.3) is 11.8 Å². The summed E-state index contributed by atoms with van der Waals surface area (Å²) in [6.45, 7) is -0.590. The lowest BCUT2D eigenvalue weighted by Crippen LogP contribution is -2.58. The summed E-state index contributed by atoms with van der Waals surface area (Å²) >= 11 is 6.22. The van der Waals surface area contributed by atoms with Crippen molar-refractivity contribution in [2.75, 3.05) is 13.7 Å². The van der Waals surface area contributed by atoms with Gasteiger partial charge in [0.2, 0.25) is 0 Å². The molecule has 8 N–H and O–H groups in total. The second kappa shape index (κ2) is 12.3. The average Bonchev–Trinajstić information content (AvgIpc) is 2.90. The van der Waals surface area contributed by atoms with Gasteiger partial charge in [0.15, 0.2) is 12.3 Å². The summed E-state index contributed by atoms with van der Waals surface area (Å²) < 4.78 is 44.1. The fraction of sp³-hybridized carbons (Fsp3) is 0.154. The van der Waals surface area contributed by atoms with Gasteiger partial charge in [-0.3, -0.25) is 15.0 Å². The van der Waals surface area contributed by atoms with E-state index in [0.29, 0.717) is 11.1 Å². The molecule has 4 amide bonds. The molecule has 0 spiro atoms. The molecule has 0 aliphatic rings. The molecule has 0 aromatic heterocycles. The average molecular weight is 606 g/mol. The van der Waals surface area contributed by atoms with Gasteiger partial charge in [0.05, 0.1) is 7.05 Å². The van der Waals surface area contributed by atoms with Crippen LogP contribution >= 0.6 is 11.6 Å². The van der Waals surface area contributed by atoms with Gasteiger partial charge in [0.1, 0.15) is 23.2 Å². The van der Waals surface area contributed by atoms with Crippen LogP contribution in [0.5, 0.6) is 5.75 Å². The molecule has 3 rings (SSSR count). The molecule has 0 radical (unpaired) electrons. The first-order valence-corrected chi connectivity index (χ1v) is 13.7. The maximum Gasteiger partial charge on any atom is 0.434 e. The zero-order valence-corrected chi connectivity index (χ0v) is 23.3. The molecule has 3 aromatic rings. The molecule has 0 aliphatic carbocycles. The van der Waals surface area contributed by atoms with E-state index in [9.17, 15) is 27.2 Å². The Labute approximate surface area is 240 Å². The lowest BCUT2D eigenvalue weighted by Gasteiger charge is -2.28. The van der Waals surface area contributed by atoms with Crippen molar-refractivity contribution in [1.29, 1.82) is 5.41 Å². The van der Waals surface area contributed by atoms with Gasteiger partial charge in [-0.25, -0.2) is 9.18 Å². The molecule has 0 fully saturated rings. The number of nitrogens with two attached hydrogens (primary N) is 3. The van der Waals surface area contributed by atoms with Crippen LogP contribution in [0.4, 0.5) is 14.9 Å². The number of halogens is 2. The number of rotatable bonds is 11. The smallest absolute Gasteiger partial charge is 0.434 e. The highest BCUT2D eigenvalue weighted by Crippen LogP contribution is 2.32. The van der Waals surface area contributed by atoms with E-state index in [0.717, 1.165) is 25.2 Å². The van der Waals surface area contributed by atoms with E-state index in [1.807, 2.05) is 0 Å². The van der Waals surface area contributed by atoms with E-state index in [2.05, 4.69) is 5.32 Å². The number of quaternary nitrogens is 1. The van der Waals surface area contributed by atoms with Crippen LogP contribution in [-0.4, -0.2) is 45.8 Å². The van der Waals surface area contributed by atoms with Crippen LogP contribution in [0.3, 0.4) is 0 Å². The summed E-state index contributed by atoms with van der Waals surface area (Å²) in [5, 5.41) is 10.2. The van der Waals surface area contributed by atoms with Crippen molar-refractivity contribution >= 4 is 51.0 Å². The number of nitrogens with one attached hydrogen (secondary N) is 2. The van der Waals surface area contributed by atoms with Crippen molar-refractivity contribution in [2.45, 2.75) is 12.3 Å². The Bertz CT molecular complexity index is 1630. The second-order valence-corrected chi connectivity index (χ2v) is 11.6. The number of hydrogen-bond acceptors (Lipinski definition) is 7. The van der Waals surface area contributed by atoms with Crippen LogP contribution in [-0.2, 0) is 27.1 Å². The van der Waals surface area contributed by atoms with Crippen LogP contribution < -0.4 is 31.1 Å². The minimum absolute atomic E-state index is 0.0495. The van der Waals surface area contributed by atoms with Crippen molar-refractivity contribution in [2.24, 2.45) is 17.2 Å². The summed E-state index contributed by atoms with van der Waals surface area (Å²) in [6, 6.07) is 11.5. The van der Waals surface area contributed by atoms with Gasteiger partial charge < -0.3 is 27.3 Å². The van der Waals surface area contributed by atoms with Gasteiger partial charge in [-0.2, -0.15) is 8.42 Å². The number of benzene rings is 3. The fourth-order valence-electron chi connectivity index (χ4n) is 3.73. The van der Waals surface area contributed by atoms with Gasteiger partial charge in [0, 0.05) is 40.4 Å². The predicted octanol–water partition coefficient (Wildman–Crippen LogP) is 2.10. The maximum absolute atomic E-state index is 13.4. The van der Waals surface area contributed by atoms with Crippen molar-refractivity contribution in [3.05, 3.63) is 93.8 Å². The number of amidine groups is 1. The van der Waals surface area contributed by atoms with E-state index >= 15 is 0 Å². The molecule has 1 atom stereocenters. The lowest BCUT2D eigenvalue weighted by molar-refractivity contribution is -0.119. The first-order chi connectivity index (χ1) is 19.1. The van der Waals surface area contributed by atoms with E-state index < -0.39 is 49.9 Å². The Hall–Kier alpha value is -4.53. The largest absolute Gasteiger partial charge is 0.483 e. The molecule has 0 saturated heterocycles. The number of carbonyl (C=O) groups is 3. The molecule has 12 nitrogen and oxygen atoms in total. The molecule has 3 aromatic carbocycles. The van der Waals surface area contributed by atoms with Crippen molar-refractivity contribution in [3.63, 3.8) is 0 Å². The van der Waals surface area contributed by atoms with Crippen LogP contribution in [0.2, 0.25) is 5.02 Å². The van der Waals surface area contributed by atoms with Gasteiger partial charge in [-0.1, -0.05) is 35.9 Å². The molecule has 0 heterocycles. The first kappa shape index (κ1) is 31.0. The minimum Gasteiger partial charge on any atom is -0.483 e.